The summed E-state index contributed by atoms with van der Waals surface area (Å²) in [6.45, 7) is -2.97. The number of para-hydroxylation sites is 3. The molecule has 0 radical (unpaired) electrons. The zero-order valence-corrected chi connectivity index (χ0v) is 11.8. The number of nitrogens with zero attached hydrogens (tertiary/aromatic N) is 1. The number of ether oxygens (including phenoxy) is 1. The van der Waals surface area contributed by atoms with E-state index in [1.54, 1.807) is 30.3 Å². The molecule has 23 heavy (non-hydrogen) atoms. The second kappa shape index (κ2) is 6.43. The van der Waals surface area contributed by atoms with Gasteiger partial charge in [-0.2, -0.15) is 8.78 Å². The normalized spacial score (nSPS) is 10.9. The van der Waals surface area contributed by atoms with Gasteiger partial charge in [0.25, 0.3) is 0 Å². The lowest BCUT2D eigenvalue weighted by Crippen LogP contribution is -2.16. The number of alkyl halides is 2. The Kier molecular flexibility index (Phi) is 4.18. The van der Waals surface area contributed by atoms with Gasteiger partial charge in [-0.15, -0.1) is 0 Å². The summed E-state index contributed by atoms with van der Waals surface area (Å²) in [5.74, 6) is -0.504. The van der Waals surface area contributed by atoms with E-state index in [-0.39, 0.29) is 17.9 Å². The Labute approximate surface area is 129 Å². The minimum atomic E-state index is -2.97. The van der Waals surface area contributed by atoms with Gasteiger partial charge < -0.3 is 14.6 Å². The van der Waals surface area contributed by atoms with Crippen LogP contribution >= 0.6 is 0 Å². The number of fused-ring (bicyclic) bond motifs is 1. The monoisotopic (exact) mass is 318 g/mol. The highest BCUT2D eigenvalue weighted by atomic mass is 19.3. The van der Waals surface area contributed by atoms with Crippen LogP contribution in [0.1, 0.15) is 5.69 Å². The van der Waals surface area contributed by atoms with Crippen LogP contribution in [0.25, 0.3) is 11.0 Å². The van der Waals surface area contributed by atoms with E-state index in [0.29, 0.717) is 11.3 Å². The number of halogens is 2. The second-order valence-corrected chi connectivity index (χ2v) is 4.73. The number of amides is 1. The predicted octanol–water partition coefficient (Wildman–Crippen LogP) is 3.61. The molecule has 0 saturated carbocycles. The molecule has 3 rings (SSSR count). The third-order valence-electron chi connectivity index (χ3n) is 3.16. The molecule has 0 aliphatic rings. The molecule has 0 aliphatic heterocycles. The summed E-state index contributed by atoms with van der Waals surface area (Å²) in [6.07, 6.45) is -0.0416. The van der Waals surface area contributed by atoms with Gasteiger partial charge in [0.1, 0.15) is 11.4 Å². The molecule has 0 spiro atoms. The number of hydrogen-bond donors (Lipinski definition) is 1. The number of carbonyl (C=O) groups is 1. The van der Waals surface area contributed by atoms with Crippen LogP contribution < -0.4 is 10.1 Å². The number of anilines is 1. The zero-order chi connectivity index (χ0) is 16.2. The van der Waals surface area contributed by atoms with E-state index in [0.717, 1.165) is 5.39 Å². The van der Waals surface area contributed by atoms with E-state index in [4.69, 9.17) is 4.52 Å². The fourth-order valence-electron chi connectivity index (χ4n) is 2.18. The predicted molar refractivity (Wildman–Crippen MR) is 79.4 cm³/mol. The number of rotatable bonds is 5. The summed E-state index contributed by atoms with van der Waals surface area (Å²) in [6, 6.07) is 13.1. The average molecular weight is 318 g/mol. The van der Waals surface area contributed by atoms with Crippen molar-refractivity contribution in [3.05, 3.63) is 54.2 Å². The second-order valence-electron chi connectivity index (χ2n) is 4.73. The number of carbonyl (C=O) groups excluding carboxylic acids is 1. The fraction of sp³-hybridized carbons (Fsp3) is 0.125. The molecule has 2 aromatic carbocycles. The van der Waals surface area contributed by atoms with Crippen LogP contribution in [0.2, 0.25) is 0 Å². The fourth-order valence-corrected chi connectivity index (χ4v) is 2.18. The molecule has 0 atom stereocenters. The van der Waals surface area contributed by atoms with Gasteiger partial charge in [-0.1, -0.05) is 29.4 Å². The van der Waals surface area contributed by atoms with Gasteiger partial charge in [0.2, 0.25) is 5.91 Å². The first-order chi connectivity index (χ1) is 11.1. The van der Waals surface area contributed by atoms with Crippen molar-refractivity contribution in [2.45, 2.75) is 13.0 Å². The molecule has 3 aromatic rings. The zero-order valence-electron chi connectivity index (χ0n) is 11.8. The van der Waals surface area contributed by atoms with Crippen molar-refractivity contribution in [3.8, 4) is 5.75 Å². The Morgan fingerprint density at radius 3 is 2.74 bits per heavy atom. The summed E-state index contributed by atoms with van der Waals surface area (Å²) >= 11 is 0. The number of nitrogens with one attached hydrogen (secondary N) is 1. The Bertz CT molecular complexity index is 833. The third-order valence-corrected chi connectivity index (χ3v) is 3.16. The molecule has 1 N–H and O–H groups in total. The smallest absolute Gasteiger partial charge is 0.387 e. The Morgan fingerprint density at radius 1 is 1.17 bits per heavy atom. The Balaban J connectivity index is 1.75. The first kappa shape index (κ1) is 15.0. The highest BCUT2D eigenvalue weighted by Gasteiger charge is 2.15. The maximum atomic E-state index is 12.4. The number of aromatic nitrogens is 1. The van der Waals surface area contributed by atoms with Crippen LogP contribution in [0.3, 0.4) is 0 Å². The first-order valence-corrected chi connectivity index (χ1v) is 6.80. The van der Waals surface area contributed by atoms with Crippen molar-refractivity contribution in [2.75, 3.05) is 5.32 Å². The van der Waals surface area contributed by atoms with Gasteiger partial charge in [0.15, 0.2) is 5.58 Å². The summed E-state index contributed by atoms with van der Waals surface area (Å²) < 4.78 is 34.2. The SMILES string of the molecule is O=C(Cc1noc2ccccc12)Nc1ccccc1OC(F)F. The number of benzene rings is 2. The van der Waals surface area contributed by atoms with Gasteiger partial charge in [0.05, 0.1) is 12.1 Å². The first-order valence-electron chi connectivity index (χ1n) is 6.80. The van der Waals surface area contributed by atoms with Crippen molar-refractivity contribution >= 4 is 22.6 Å². The standard InChI is InChI=1S/C16H12F2N2O3/c17-16(18)22-14-8-4-2-6-11(14)19-15(21)9-12-10-5-1-3-7-13(10)23-20-12/h1-8,16H,9H2,(H,19,21). The van der Waals surface area contributed by atoms with Gasteiger partial charge in [0, 0.05) is 5.39 Å². The quantitative estimate of drug-likeness (QED) is 0.780. The molecular formula is C16H12F2N2O3. The van der Waals surface area contributed by atoms with E-state index in [1.165, 1.54) is 12.1 Å². The lowest BCUT2D eigenvalue weighted by atomic mass is 10.1. The van der Waals surface area contributed by atoms with Crippen LogP contribution in [0, 0.1) is 0 Å². The number of hydrogen-bond acceptors (Lipinski definition) is 4. The van der Waals surface area contributed by atoms with Crippen molar-refractivity contribution in [1.82, 2.24) is 5.16 Å². The van der Waals surface area contributed by atoms with E-state index < -0.39 is 12.5 Å². The Hall–Kier alpha value is -2.96. The van der Waals surface area contributed by atoms with Crippen LogP contribution in [0.4, 0.5) is 14.5 Å². The molecule has 7 heteroatoms. The van der Waals surface area contributed by atoms with Gasteiger partial charge >= 0.3 is 6.61 Å². The van der Waals surface area contributed by atoms with E-state index in [1.807, 2.05) is 6.07 Å². The molecule has 1 heterocycles. The van der Waals surface area contributed by atoms with Crippen LogP contribution in [0.15, 0.2) is 53.1 Å². The van der Waals surface area contributed by atoms with E-state index in [2.05, 4.69) is 15.2 Å². The minimum absolute atomic E-state index is 0.0416. The molecule has 118 valence electrons. The largest absolute Gasteiger partial charge is 0.433 e. The van der Waals surface area contributed by atoms with Crippen molar-refractivity contribution in [3.63, 3.8) is 0 Å². The lowest BCUT2D eigenvalue weighted by Gasteiger charge is -2.11. The average Bonchev–Trinajstić information content (AvgIpc) is 2.92. The van der Waals surface area contributed by atoms with Crippen LogP contribution in [-0.2, 0) is 11.2 Å². The molecule has 5 nitrogen and oxygen atoms in total. The molecule has 0 unspecified atom stereocenters. The summed E-state index contributed by atoms with van der Waals surface area (Å²) in [5.41, 5.74) is 1.23. The van der Waals surface area contributed by atoms with E-state index in [9.17, 15) is 13.6 Å². The molecule has 0 saturated heterocycles. The Morgan fingerprint density at radius 2 is 1.91 bits per heavy atom. The summed E-state index contributed by atoms with van der Waals surface area (Å²) in [5, 5.41) is 7.14. The van der Waals surface area contributed by atoms with Gasteiger partial charge in [-0.25, -0.2) is 0 Å². The molecular weight excluding hydrogens is 306 g/mol. The molecule has 1 amide bonds. The molecule has 0 aliphatic carbocycles. The third kappa shape index (κ3) is 3.45. The molecule has 1 aromatic heterocycles. The van der Waals surface area contributed by atoms with Crippen molar-refractivity contribution in [1.29, 1.82) is 0 Å². The summed E-state index contributed by atoms with van der Waals surface area (Å²) in [4.78, 5) is 12.1. The van der Waals surface area contributed by atoms with Crippen LogP contribution in [-0.4, -0.2) is 17.7 Å². The van der Waals surface area contributed by atoms with Crippen molar-refractivity contribution in [2.24, 2.45) is 0 Å². The van der Waals surface area contributed by atoms with Crippen LogP contribution in [0.5, 0.6) is 5.75 Å². The minimum Gasteiger partial charge on any atom is -0.433 e. The summed E-state index contributed by atoms with van der Waals surface area (Å²) in [7, 11) is 0. The lowest BCUT2D eigenvalue weighted by molar-refractivity contribution is -0.115. The van der Waals surface area contributed by atoms with Crippen molar-refractivity contribution < 1.29 is 22.8 Å². The molecule has 0 bridgehead atoms. The maximum Gasteiger partial charge on any atom is 0.387 e. The topological polar surface area (TPSA) is 64.4 Å². The van der Waals surface area contributed by atoms with E-state index >= 15 is 0 Å². The highest BCUT2D eigenvalue weighted by Crippen LogP contribution is 2.26. The molecule has 0 fully saturated rings. The maximum absolute atomic E-state index is 12.4. The highest BCUT2D eigenvalue weighted by molar-refractivity contribution is 5.95. The van der Waals surface area contributed by atoms with Gasteiger partial charge in [-0.05, 0) is 24.3 Å². The van der Waals surface area contributed by atoms with Gasteiger partial charge in [-0.3, -0.25) is 4.79 Å².